The van der Waals surface area contributed by atoms with Crippen LogP contribution in [0.25, 0.3) is 21.5 Å². The number of aliphatic hydroxyl groups is 1. The summed E-state index contributed by atoms with van der Waals surface area (Å²) in [6.45, 7) is 13.9. The predicted molar refractivity (Wildman–Crippen MR) is 318 cm³/mol. The van der Waals surface area contributed by atoms with Crippen LogP contribution in [0.3, 0.4) is 0 Å². The highest BCUT2D eigenvalue weighted by Crippen LogP contribution is 2.31. The average molecular weight is 1200 g/mol. The van der Waals surface area contributed by atoms with Crippen molar-refractivity contribution >= 4 is 69.3 Å². The Kier molecular flexibility index (Phi) is 23.4. The van der Waals surface area contributed by atoms with E-state index in [-0.39, 0.29) is 76.3 Å². The molecule has 3 fully saturated rings. The third kappa shape index (κ3) is 17.9. The van der Waals surface area contributed by atoms with Gasteiger partial charge < -0.3 is 70.2 Å². The van der Waals surface area contributed by atoms with Gasteiger partial charge in [-0.3, -0.25) is 28.9 Å². The molecule has 4 atom stereocenters. The number of nitrogens with two attached hydrogens (primary N) is 1. The number of likely N-dealkylation sites (tertiary alicyclic amines) is 1. The molecule has 0 spiro atoms. The number of nitrogens with zero attached hydrogens (tertiary/aromatic N) is 7. The number of aliphatic hydroxyl groups excluding tert-OH is 1. The molecule has 84 heavy (non-hydrogen) atoms. The van der Waals surface area contributed by atoms with Gasteiger partial charge in [0.2, 0.25) is 29.5 Å². The van der Waals surface area contributed by atoms with E-state index in [1.807, 2.05) is 98.9 Å². The van der Waals surface area contributed by atoms with E-state index in [0.29, 0.717) is 103 Å². The number of hydrogen-bond acceptors (Lipinski definition) is 18. The molecule has 6 heterocycles. The second-order valence-electron chi connectivity index (χ2n) is 22.6. The fourth-order valence-electron chi connectivity index (χ4n) is 10.5. The predicted octanol–water partition coefficient (Wildman–Crippen LogP) is 3.62. The molecule has 3 aromatic heterocycles. The first kappa shape index (κ1) is 63.8. The number of aromatic nitrogens is 4. The van der Waals surface area contributed by atoms with E-state index in [0.717, 1.165) is 44.1 Å². The Balaban J connectivity index is 0.630. The SMILES string of the molecule is Cc1ncsc1-c1ccc(CNC(=O)[C@@H]2C[C@@H](O)CN2C(=O)[C@@H](NC(=O)COCCOCCOCCOCCOCC(=O)N2CCN(CC[C@H](NC(=O)C3(N)CCN(c4ncnc5[nH]ccc45)CC3)c3ccc(Cl)cc3)CC2)C(C)(C)C)cc1. The number of rotatable bonds is 29. The lowest BCUT2D eigenvalue weighted by Gasteiger charge is -2.39. The maximum atomic E-state index is 14.0. The largest absolute Gasteiger partial charge is 0.391 e. The van der Waals surface area contributed by atoms with Gasteiger partial charge in [-0.15, -0.1) is 11.3 Å². The number of amides is 5. The molecule has 5 amide bonds. The van der Waals surface area contributed by atoms with Crippen LogP contribution in [0.15, 0.2) is 72.6 Å². The smallest absolute Gasteiger partial charge is 0.248 e. The molecule has 3 aliphatic heterocycles. The minimum atomic E-state index is -1.04. The summed E-state index contributed by atoms with van der Waals surface area (Å²) in [6, 6.07) is 15.2. The van der Waals surface area contributed by atoms with Crippen LogP contribution in [0.4, 0.5) is 5.82 Å². The van der Waals surface area contributed by atoms with Crippen LogP contribution in [0.2, 0.25) is 5.02 Å². The Morgan fingerprint density at radius 2 is 1.46 bits per heavy atom. The molecule has 23 nitrogen and oxygen atoms in total. The van der Waals surface area contributed by atoms with Crippen LogP contribution < -0.4 is 26.6 Å². The van der Waals surface area contributed by atoms with Crippen LogP contribution in [0, 0.1) is 12.3 Å². The van der Waals surface area contributed by atoms with Crippen molar-refractivity contribution in [1.29, 1.82) is 0 Å². The molecule has 0 radical (unpaired) electrons. The number of thiazole rings is 1. The van der Waals surface area contributed by atoms with Crippen molar-refractivity contribution in [3.8, 4) is 10.4 Å². The molecular formula is C59H81ClN12O11S. The Morgan fingerprint density at radius 1 is 0.821 bits per heavy atom. The molecule has 8 rings (SSSR count). The van der Waals surface area contributed by atoms with Crippen molar-refractivity contribution in [3.05, 3.63) is 94.5 Å². The fourth-order valence-corrected chi connectivity index (χ4v) is 11.4. The van der Waals surface area contributed by atoms with Crippen LogP contribution in [-0.4, -0.2) is 211 Å². The van der Waals surface area contributed by atoms with Gasteiger partial charge in [0.25, 0.3) is 0 Å². The number of aromatic amines is 1. The van der Waals surface area contributed by atoms with Gasteiger partial charge in [0.1, 0.15) is 43.1 Å². The van der Waals surface area contributed by atoms with E-state index >= 15 is 0 Å². The van der Waals surface area contributed by atoms with Crippen molar-refractivity contribution < 1.29 is 52.8 Å². The topological polar surface area (TPSA) is 281 Å². The number of carbonyl (C=O) groups is 5. The summed E-state index contributed by atoms with van der Waals surface area (Å²) in [6.07, 6.45) is 4.18. The van der Waals surface area contributed by atoms with Crippen molar-refractivity contribution in [2.75, 3.05) is 123 Å². The first-order chi connectivity index (χ1) is 40.5. The molecule has 5 aromatic rings. The van der Waals surface area contributed by atoms with Gasteiger partial charge in [0.15, 0.2) is 0 Å². The van der Waals surface area contributed by atoms with Crippen molar-refractivity contribution in [3.63, 3.8) is 0 Å². The van der Waals surface area contributed by atoms with Crippen LogP contribution >= 0.6 is 22.9 Å². The molecule has 2 aromatic carbocycles. The number of benzene rings is 2. The number of carbonyl (C=O) groups excluding carboxylic acids is 5. The lowest BCUT2D eigenvalue weighted by molar-refractivity contribution is -0.144. The number of anilines is 1. The summed E-state index contributed by atoms with van der Waals surface area (Å²) >= 11 is 7.81. The number of H-pyrrole nitrogens is 1. The number of hydrogen-bond donors (Lipinski definition) is 6. The van der Waals surface area contributed by atoms with E-state index in [4.69, 9.17) is 41.0 Å². The highest BCUT2D eigenvalue weighted by molar-refractivity contribution is 7.13. The van der Waals surface area contributed by atoms with Crippen LogP contribution in [0.1, 0.15) is 69.3 Å². The molecule has 25 heteroatoms. The molecule has 7 N–H and O–H groups in total. The highest BCUT2D eigenvalue weighted by atomic mass is 35.5. The zero-order chi connectivity index (χ0) is 59.6. The maximum absolute atomic E-state index is 14.0. The summed E-state index contributed by atoms with van der Waals surface area (Å²) in [4.78, 5) is 92.3. The summed E-state index contributed by atoms with van der Waals surface area (Å²) in [5.74, 6) is -0.767. The van der Waals surface area contributed by atoms with Crippen LogP contribution in [-0.2, 0) is 54.2 Å². The molecule has 3 aliphatic rings. The summed E-state index contributed by atoms with van der Waals surface area (Å²) in [5.41, 5.74) is 11.5. The Labute approximate surface area is 499 Å². The lowest BCUT2D eigenvalue weighted by atomic mass is 9.85. The first-order valence-corrected chi connectivity index (χ1v) is 30.0. The molecular weight excluding hydrogens is 1120 g/mol. The Bertz CT molecular complexity index is 2930. The summed E-state index contributed by atoms with van der Waals surface area (Å²) < 4.78 is 27.9. The highest BCUT2D eigenvalue weighted by Gasteiger charge is 2.45. The number of aryl methyl sites for hydroxylation is 1. The fraction of sp³-hybridized carbons (Fsp3) is 0.559. The number of piperidine rings is 1. The number of fused-ring (bicyclic) bond motifs is 1. The molecule has 0 unspecified atom stereocenters. The Morgan fingerprint density at radius 3 is 2.10 bits per heavy atom. The standard InChI is InChI=1S/C59H81ClN12O11S/c1-40-51(84-39-66-40)43-7-5-41(6-8-43)34-63-55(76)48-33-45(73)35-72(48)56(77)52(58(2,3)4)68-49(74)36-82-31-29-80-27-25-79-26-28-81-30-32-83-37-50(75)70-23-21-69(22-24-70)18-14-47(42-9-11-44(60)12-10-42)67-57(78)59(61)15-19-71(20-16-59)54-46-13-17-62-53(46)64-38-65-54/h5-13,17,38-39,45,47-48,52,73H,14-16,18-37,61H2,1-4H3,(H,63,76)(H,67,78)(H,68,74)(H,62,64,65)/t45-,47+,48+,52-/m1/s1. The quantitative estimate of drug-likeness (QED) is 0.0373. The number of piperazine rings is 1. The zero-order valence-electron chi connectivity index (χ0n) is 48.5. The second kappa shape index (κ2) is 30.8. The van der Waals surface area contributed by atoms with Gasteiger partial charge in [-0.1, -0.05) is 68.8 Å². The van der Waals surface area contributed by atoms with Gasteiger partial charge in [-0.2, -0.15) is 0 Å². The second-order valence-corrected chi connectivity index (χ2v) is 23.8. The van der Waals surface area contributed by atoms with Gasteiger partial charge >= 0.3 is 0 Å². The minimum absolute atomic E-state index is 0.0283. The van der Waals surface area contributed by atoms with E-state index in [9.17, 15) is 29.1 Å². The van der Waals surface area contributed by atoms with Gasteiger partial charge in [-0.05, 0) is 66.5 Å². The average Bonchev–Trinajstić information content (AvgIpc) is 4.10. The number of ether oxygens (including phenoxy) is 5. The third-order valence-corrected chi connectivity index (χ3v) is 16.7. The van der Waals surface area contributed by atoms with E-state index in [1.165, 1.54) is 4.90 Å². The van der Waals surface area contributed by atoms with E-state index < -0.39 is 41.0 Å². The number of β-amino-alcohol motifs (C(OH)–C–C–N with tert-alkyl or cyclic N) is 1. The number of halogens is 1. The molecule has 0 saturated carbocycles. The van der Waals surface area contributed by atoms with Crippen molar-refractivity contribution in [1.82, 2.24) is 50.6 Å². The zero-order valence-corrected chi connectivity index (χ0v) is 50.1. The molecule has 0 aliphatic carbocycles. The maximum Gasteiger partial charge on any atom is 0.248 e. The molecule has 0 bridgehead atoms. The van der Waals surface area contributed by atoms with Crippen molar-refractivity contribution in [2.45, 2.75) is 89.7 Å². The van der Waals surface area contributed by atoms with Gasteiger partial charge in [-0.25, -0.2) is 15.0 Å². The Hall–Kier alpha value is -6.19. The normalized spacial score (nSPS) is 18.2. The molecule has 456 valence electrons. The molecule has 3 saturated heterocycles. The van der Waals surface area contributed by atoms with E-state index in [2.05, 4.69) is 45.7 Å². The van der Waals surface area contributed by atoms with Crippen LogP contribution in [0.5, 0.6) is 0 Å². The lowest BCUT2D eigenvalue weighted by Crippen LogP contribution is -2.60. The monoisotopic (exact) mass is 1200 g/mol. The number of nitrogens with one attached hydrogen (secondary N) is 4. The first-order valence-electron chi connectivity index (χ1n) is 28.8. The van der Waals surface area contributed by atoms with E-state index in [1.54, 1.807) is 17.7 Å². The van der Waals surface area contributed by atoms with Gasteiger partial charge in [0, 0.05) is 76.5 Å². The summed E-state index contributed by atoms with van der Waals surface area (Å²) in [7, 11) is 0. The van der Waals surface area contributed by atoms with Gasteiger partial charge in [0.05, 0.1) is 92.0 Å². The van der Waals surface area contributed by atoms with Crippen molar-refractivity contribution in [2.24, 2.45) is 11.1 Å². The third-order valence-electron chi connectivity index (χ3n) is 15.4. The minimum Gasteiger partial charge on any atom is -0.391 e. The summed E-state index contributed by atoms with van der Waals surface area (Å²) in [5, 5.41) is 21.1.